The first kappa shape index (κ1) is 16.0. The number of nitrogens with one attached hydrogen (secondary N) is 1. The van der Waals surface area contributed by atoms with Crippen LogP contribution in [0.2, 0.25) is 0 Å². The Labute approximate surface area is 147 Å². The maximum atomic E-state index is 12.7. The van der Waals surface area contributed by atoms with E-state index in [0.29, 0.717) is 18.5 Å². The van der Waals surface area contributed by atoms with Crippen LogP contribution < -0.4 is 15.0 Å². The van der Waals surface area contributed by atoms with Crippen molar-refractivity contribution in [3.8, 4) is 12.1 Å². The summed E-state index contributed by atoms with van der Waals surface area (Å²) in [6, 6.07) is 4.50. The predicted molar refractivity (Wildman–Crippen MR) is 91.9 cm³/mol. The minimum absolute atomic E-state index is 0.00572. The number of hydrogen-bond acceptors (Lipinski definition) is 6. The van der Waals surface area contributed by atoms with E-state index in [0.717, 1.165) is 37.9 Å². The van der Waals surface area contributed by atoms with Crippen LogP contribution in [0.1, 0.15) is 25.7 Å². The number of nitriles is 1. The third kappa shape index (κ3) is 2.86. The zero-order valence-corrected chi connectivity index (χ0v) is 14.4. The minimum atomic E-state index is -0.00572. The van der Waals surface area contributed by atoms with Gasteiger partial charge in [0, 0.05) is 37.1 Å². The van der Waals surface area contributed by atoms with E-state index < -0.39 is 0 Å². The number of methoxy groups -OCH3 is 1. The zero-order chi connectivity index (χ0) is 17.4. The highest BCUT2D eigenvalue weighted by Crippen LogP contribution is 2.37. The van der Waals surface area contributed by atoms with Crippen LogP contribution >= 0.6 is 0 Å². The minimum Gasteiger partial charge on any atom is -0.481 e. The fraction of sp³-hybridized carbons (Fsp3) is 0.611. The highest BCUT2D eigenvalue weighted by molar-refractivity contribution is 5.80. The lowest BCUT2D eigenvalue weighted by Gasteiger charge is -2.24. The van der Waals surface area contributed by atoms with E-state index in [1.54, 1.807) is 13.3 Å². The maximum Gasteiger partial charge on any atom is 0.225 e. The summed E-state index contributed by atoms with van der Waals surface area (Å²) in [6.45, 7) is 1.56. The van der Waals surface area contributed by atoms with Gasteiger partial charge in [0.2, 0.25) is 11.8 Å². The first-order valence-electron chi connectivity index (χ1n) is 8.93. The molecule has 1 aromatic rings. The number of rotatable bonds is 4. The fourth-order valence-corrected chi connectivity index (χ4v) is 4.52. The van der Waals surface area contributed by atoms with Gasteiger partial charge in [0.1, 0.15) is 0 Å². The van der Waals surface area contributed by atoms with Crippen molar-refractivity contribution in [1.29, 1.82) is 5.26 Å². The van der Waals surface area contributed by atoms with Crippen molar-refractivity contribution in [1.82, 2.24) is 15.2 Å². The van der Waals surface area contributed by atoms with Crippen molar-refractivity contribution >= 4 is 11.6 Å². The lowest BCUT2D eigenvalue weighted by molar-refractivity contribution is -0.125. The summed E-state index contributed by atoms with van der Waals surface area (Å²) >= 11 is 0. The molecule has 1 N–H and O–H groups in total. The molecule has 3 aliphatic heterocycles. The molecule has 4 heterocycles. The van der Waals surface area contributed by atoms with Gasteiger partial charge in [-0.3, -0.25) is 4.79 Å². The van der Waals surface area contributed by atoms with E-state index in [1.807, 2.05) is 17.0 Å². The SMILES string of the molecule is COc1cc(N2CCC(C(=O)N[C@@H]3C[C@@H]4CC[C@H]3N4C#N)C2)ccn1. The lowest BCUT2D eigenvalue weighted by atomic mass is 9.95. The Morgan fingerprint density at radius 3 is 3.08 bits per heavy atom. The number of anilines is 1. The molecule has 1 unspecified atom stereocenters. The number of ether oxygens (including phenoxy) is 1. The van der Waals surface area contributed by atoms with Crippen molar-refractivity contribution in [3.63, 3.8) is 0 Å². The summed E-state index contributed by atoms with van der Waals surface area (Å²) in [7, 11) is 1.60. The van der Waals surface area contributed by atoms with Gasteiger partial charge in [0.25, 0.3) is 0 Å². The Bertz CT molecular complexity index is 703. The number of amides is 1. The van der Waals surface area contributed by atoms with E-state index in [-0.39, 0.29) is 23.9 Å². The highest BCUT2D eigenvalue weighted by Gasteiger charge is 2.47. The maximum absolute atomic E-state index is 12.7. The highest BCUT2D eigenvalue weighted by atomic mass is 16.5. The quantitative estimate of drug-likeness (QED) is 0.827. The molecule has 3 saturated heterocycles. The van der Waals surface area contributed by atoms with E-state index in [4.69, 9.17) is 4.74 Å². The molecule has 1 aromatic heterocycles. The smallest absolute Gasteiger partial charge is 0.225 e. The number of fused-ring (bicyclic) bond motifs is 2. The van der Waals surface area contributed by atoms with Crippen molar-refractivity contribution in [2.75, 3.05) is 25.1 Å². The first-order chi connectivity index (χ1) is 12.2. The van der Waals surface area contributed by atoms with Gasteiger partial charge in [0.05, 0.1) is 25.1 Å². The van der Waals surface area contributed by atoms with Gasteiger partial charge in [-0.05, 0) is 31.7 Å². The summed E-state index contributed by atoms with van der Waals surface area (Å²) in [6.07, 6.45) is 7.86. The molecule has 3 fully saturated rings. The van der Waals surface area contributed by atoms with Gasteiger partial charge in [0.15, 0.2) is 6.19 Å². The molecule has 7 heteroatoms. The molecule has 132 valence electrons. The lowest BCUT2D eigenvalue weighted by Crippen LogP contribution is -2.46. The summed E-state index contributed by atoms with van der Waals surface area (Å²) in [5, 5.41) is 12.5. The number of carbonyl (C=O) groups is 1. The normalized spacial score (nSPS) is 30.4. The number of nitrogens with zero attached hydrogens (tertiary/aromatic N) is 4. The van der Waals surface area contributed by atoms with E-state index in [2.05, 4.69) is 21.4 Å². The number of pyridine rings is 1. The second kappa shape index (κ2) is 6.43. The summed E-state index contributed by atoms with van der Waals surface area (Å²) in [5.41, 5.74) is 1.04. The summed E-state index contributed by atoms with van der Waals surface area (Å²) in [4.78, 5) is 20.9. The zero-order valence-electron chi connectivity index (χ0n) is 14.4. The fourth-order valence-electron chi connectivity index (χ4n) is 4.52. The average Bonchev–Trinajstić information content (AvgIpc) is 3.35. The topological polar surface area (TPSA) is 81.5 Å². The molecule has 0 aromatic carbocycles. The van der Waals surface area contributed by atoms with Crippen LogP contribution in [0, 0.1) is 17.4 Å². The molecule has 3 aliphatic rings. The van der Waals surface area contributed by atoms with Crippen LogP contribution in [0.15, 0.2) is 18.3 Å². The molecular weight excluding hydrogens is 318 g/mol. The van der Waals surface area contributed by atoms with E-state index in [1.165, 1.54) is 0 Å². The Balaban J connectivity index is 1.36. The monoisotopic (exact) mass is 341 g/mol. The van der Waals surface area contributed by atoms with Gasteiger partial charge in [-0.25, -0.2) is 4.98 Å². The standard InChI is InChI=1S/C18H23N5O2/c1-25-17-9-13(4-6-20-17)22-7-5-12(10-22)18(24)21-15-8-14-2-3-16(15)23(14)11-19/h4,6,9,12,14-16H,2-3,5,7-8,10H2,1H3,(H,21,24)/t12?,14-,15+,16+/m0/s1. The van der Waals surface area contributed by atoms with Gasteiger partial charge in [-0.1, -0.05) is 0 Å². The molecule has 4 rings (SSSR count). The summed E-state index contributed by atoms with van der Waals surface area (Å²) in [5.74, 6) is 0.705. The Hall–Kier alpha value is -2.49. The number of hydrogen-bond donors (Lipinski definition) is 1. The van der Waals surface area contributed by atoms with E-state index >= 15 is 0 Å². The molecule has 2 bridgehead atoms. The van der Waals surface area contributed by atoms with Gasteiger partial charge in [-0.15, -0.1) is 0 Å². The van der Waals surface area contributed by atoms with Crippen molar-refractivity contribution in [2.24, 2.45) is 5.92 Å². The van der Waals surface area contributed by atoms with Crippen molar-refractivity contribution < 1.29 is 9.53 Å². The van der Waals surface area contributed by atoms with Gasteiger partial charge in [-0.2, -0.15) is 5.26 Å². The molecule has 4 atom stereocenters. The predicted octanol–water partition coefficient (Wildman–Crippen LogP) is 1.12. The molecule has 7 nitrogen and oxygen atoms in total. The van der Waals surface area contributed by atoms with Gasteiger partial charge < -0.3 is 19.9 Å². The molecule has 0 saturated carbocycles. The van der Waals surface area contributed by atoms with Crippen LogP contribution in [0.5, 0.6) is 5.88 Å². The third-order valence-corrected chi connectivity index (χ3v) is 5.83. The van der Waals surface area contributed by atoms with E-state index in [9.17, 15) is 10.1 Å². The van der Waals surface area contributed by atoms with Gasteiger partial charge >= 0.3 is 0 Å². The third-order valence-electron chi connectivity index (χ3n) is 5.83. The first-order valence-corrected chi connectivity index (χ1v) is 8.93. The van der Waals surface area contributed by atoms with Crippen LogP contribution in [0.3, 0.4) is 0 Å². The molecule has 0 radical (unpaired) electrons. The Morgan fingerprint density at radius 2 is 2.32 bits per heavy atom. The van der Waals surface area contributed by atoms with Crippen molar-refractivity contribution in [2.45, 2.75) is 43.8 Å². The number of aromatic nitrogens is 1. The van der Waals surface area contributed by atoms with Crippen LogP contribution in [0.25, 0.3) is 0 Å². The molecular formula is C18H23N5O2. The second-order valence-corrected chi connectivity index (χ2v) is 7.14. The van der Waals surface area contributed by atoms with Crippen molar-refractivity contribution in [3.05, 3.63) is 18.3 Å². The van der Waals surface area contributed by atoms with Crippen LogP contribution in [-0.4, -0.2) is 54.1 Å². The largest absolute Gasteiger partial charge is 0.481 e. The molecule has 0 spiro atoms. The van der Waals surface area contributed by atoms with Crippen LogP contribution in [-0.2, 0) is 4.79 Å². The molecule has 1 amide bonds. The molecule has 25 heavy (non-hydrogen) atoms. The average molecular weight is 341 g/mol. The molecule has 0 aliphatic carbocycles. The summed E-state index contributed by atoms with van der Waals surface area (Å²) < 4.78 is 5.18. The Morgan fingerprint density at radius 1 is 1.44 bits per heavy atom. The van der Waals surface area contributed by atoms with Crippen LogP contribution in [0.4, 0.5) is 5.69 Å². The Kier molecular flexibility index (Phi) is 4.12. The second-order valence-electron chi connectivity index (χ2n) is 7.14. The number of carbonyl (C=O) groups excluding carboxylic acids is 1.